The first-order chi connectivity index (χ1) is 9.74. The summed E-state index contributed by atoms with van der Waals surface area (Å²) in [7, 11) is 3.25. The van der Waals surface area contributed by atoms with E-state index in [2.05, 4.69) is 11.8 Å². The Hall–Kier alpha value is -1.30. The molecule has 20 heavy (non-hydrogen) atoms. The molecule has 1 aliphatic heterocycles. The Labute approximate surface area is 120 Å². The van der Waals surface area contributed by atoms with Crippen LogP contribution in [0, 0.1) is 0 Å². The topological polar surface area (TPSA) is 51.2 Å². The minimum absolute atomic E-state index is 0.00944. The Balaban J connectivity index is 2.35. The van der Waals surface area contributed by atoms with Gasteiger partial charge in [0.1, 0.15) is 6.10 Å². The van der Waals surface area contributed by atoms with Gasteiger partial charge >= 0.3 is 0 Å². The Morgan fingerprint density at radius 2 is 2.05 bits per heavy atom. The third-order valence-electron chi connectivity index (χ3n) is 3.79. The zero-order valence-electron chi connectivity index (χ0n) is 12.3. The highest BCUT2D eigenvalue weighted by atomic mass is 16.5. The van der Waals surface area contributed by atoms with Crippen molar-refractivity contribution in [3.05, 3.63) is 23.8 Å². The van der Waals surface area contributed by atoms with Gasteiger partial charge in [-0.25, -0.2) is 0 Å². The average molecular weight is 281 g/mol. The Morgan fingerprint density at radius 3 is 2.65 bits per heavy atom. The second kappa shape index (κ2) is 6.92. The summed E-state index contributed by atoms with van der Waals surface area (Å²) in [4.78, 5) is 2.31. The van der Waals surface area contributed by atoms with Crippen LogP contribution in [0.15, 0.2) is 18.2 Å². The molecule has 1 fully saturated rings. The average Bonchev–Trinajstić information content (AvgIpc) is 2.53. The van der Waals surface area contributed by atoms with Crippen LogP contribution in [0.4, 0.5) is 0 Å². The lowest BCUT2D eigenvalue weighted by atomic mass is 9.98. The number of benzene rings is 1. The lowest BCUT2D eigenvalue weighted by Crippen LogP contribution is -2.46. The van der Waals surface area contributed by atoms with Crippen molar-refractivity contribution < 1.29 is 19.3 Å². The summed E-state index contributed by atoms with van der Waals surface area (Å²) in [5, 5.41) is 9.56. The maximum absolute atomic E-state index is 9.56. The SMILES string of the molecule is CCN1CCO[C@H](CO)[C@H]1c1ccc(OC)c(OC)c1. The molecule has 0 unspecified atom stereocenters. The maximum atomic E-state index is 9.56. The van der Waals surface area contributed by atoms with Crippen LogP contribution >= 0.6 is 0 Å². The van der Waals surface area contributed by atoms with Crippen LogP contribution in [-0.4, -0.2) is 56.6 Å². The van der Waals surface area contributed by atoms with Crippen LogP contribution in [0.2, 0.25) is 0 Å². The van der Waals surface area contributed by atoms with Gasteiger partial charge in [-0.1, -0.05) is 13.0 Å². The number of hydrogen-bond acceptors (Lipinski definition) is 5. The van der Waals surface area contributed by atoms with Crippen molar-refractivity contribution in [2.45, 2.75) is 19.1 Å². The van der Waals surface area contributed by atoms with Gasteiger partial charge in [-0.2, -0.15) is 0 Å². The van der Waals surface area contributed by atoms with E-state index in [0.29, 0.717) is 18.1 Å². The molecular formula is C15H23NO4. The molecular weight excluding hydrogens is 258 g/mol. The molecule has 1 aromatic rings. The first-order valence-electron chi connectivity index (χ1n) is 6.93. The lowest BCUT2D eigenvalue weighted by molar-refractivity contribution is -0.0915. The zero-order valence-corrected chi connectivity index (χ0v) is 12.3. The molecule has 0 amide bonds. The molecule has 1 aliphatic rings. The minimum atomic E-state index is -0.207. The van der Waals surface area contributed by atoms with Gasteiger partial charge in [-0.05, 0) is 24.2 Å². The van der Waals surface area contributed by atoms with Crippen molar-refractivity contribution in [2.75, 3.05) is 40.5 Å². The number of nitrogens with zero attached hydrogens (tertiary/aromatic N) is 1. The van der Waals surface area contributed by atoms with Crippen molar-refractivity contribution >= 4 is 0 Å². The number of ether oxygens (including phenoxy) is 3. The van der Waals surface area contributed by atoms with Crippen LogP contribution < -0.4 is 9.47 Å². The second-order valence-electron chi connectivity index (χ2n) is 4.78. The van der Waals surface area contributed by atoms with E-state index in [0.717, 1.165) is 18.7 Å². The molecule has 1 aromatic carbocycles. The van der Waals surface area contributed by atoms with Gasteiger partial charge in [0.2, 0.25) is 0 Å². The molecule has 5 heteroatoms. The molecule has 1 saturated heterocycles. The fourth-order valence-corrected chi connectivity index (χ4v) is 2.76. The summed E-state index contributed by atoms with van der Waals surface area (Å²) in [5.74, 6) is 1.40. The highest BCUT2D eigenvalue weighted by Crippen LogP contribution is 2.35. The Morgan fingerprint density at radius 1 is 1.30 bits per heavy atom. The number of aliphatic hydroxyl groups excluding tert-OH is 1. The summed E-state index contributed by atoms with van der Waals surface area (Å²) in [6.45, 7) is 4.57. The molecule has 0 aromatic heterocycles. The van der Waals surface area contributed by atoms with Gasteiger partial charge in [0.05, 0.1) is 33.5 Å². The number of likely N-dealkylation sites (N-methyl/N-ethyl adjacent to an activating group) is 1. The van der Waals surface area contributed by atoms with Crippen molar-refractivity contribution in [3.63, 3.8) is 0 Å². The van der Waals surface area contributed by atoms with Crippen LogP contribution in [-0.2, 0) is 4.74 Å². The number of methoxy groups -OCH3 is 2. The van der Waals surface area contributed by atoms with Crippen LogP contribution in [0.25, 0.3) is 0 Å². The van der Waals surface area contributed by atoms with E-state index in [1.54, 1.807) is 14.2 Å². The molecule has 0 saturated carbocycles. The normalized spacial score (nSPS) is 23.6. The molecule has 0 spiro atoms. The summed E-state index contributed by atoms with van der Waals surface area (Å²) in [5.41, 5.74) is 1.07. The van der Waals surface area contributed by atoms with Crippen molar-refractivity contribution in [1.82, 2.24) is 4.90 Å². The van der Waals surface area contributed by atoms with Crippen LogP contribution in [0.1, 0.15) is 18.5 Å². The fraction of sp³-hybridized carbons (Fsp3) is 0.600. The van der Waals surface area contributed by atoms with Gasteiger partial charge in [0, 0.05) is 6.54 Å². The lowest BCUT2D eigenvalue weighted by Gasteiger charge is -2.40. The minimum Gasteiger partial charge on any atom is -0.493 e. The second-order valence-corrected chi connectivity index (χ2v) is 4.78. The Kier molecular flexibility index (Phi) is 5.23. The molecule has 0 bridgehead atoms. The third kappa shape index (κ3) is 2.90. The molecule has 0 aliphatic carbocycles. The molecule has 1 heterocycles. The predicted molar refractivity (Wildman–Crippen MR) is 76.4 cm³/mol. The molecule has 5 nitrogen and oxygen atoms in total. The van der Waals surface area contributed by atoms with E-state index in [1.807, 2.05) is 18.2 Å². The summed E-state index contributed by atoms with van der Waals surface area (Å²) in [6.07, 6.45) is -0.207. The smallest absolute Gasteiger partial charge is 0.161 e. The number of aliphatic hydroxyl groups is 1. The van der Waals surface area contributed by atoms with Gasteiger partial charge in [0.15, 0.2) is 11.5 Å². The first-order valence-corrected chi connectivity index (χ1v) is 6.93. The van der Waals surface area contributed by atoms with E-state index in [9.17, 15) is 5.11 Å². The number of rotatable bonds is 5. The van der Waals surface area contributed by atoms with E-state index in [-0.39, 0.29) is 18.8 Å². The summed E-state index contributed by atoms with van der Waals surface area (Å²) >= 11 is 0. The largest absolute Gasteiger partial charge is 0.493 e. The van der Waals surface area contributed by atoms with Crippen molar-refractivity contribution in [3.8, 4) is 11.5 Å². The molecule has 2 atom stereocenters. The fourth-order valence-electron chi connectivity index (χ4n) is 2.76. The first kappa shape index (κ1) is 15.1. The zero-order chi connectivity index (χ0) is 14.5. The van der Waals surface area contributed by atoms with Crippen LogP contribution in [0.3, 0.4) is 0 Å². The van der Waals surface area contributed by atoms with E-state index in [4.69, 9.17) is 14.2 Å². The van der Waals surface area contributed by atoms with Crippen molar-refractivity contribution in [2.24, 2.45) is 0 Å². The van der Waals surface area contributed by atoms with Gasteiger partial charge < -0.3 is 19.3 Å². The third-order valence-corrected chi connectivity index (χ3v) is 3.79. The molecule has 2 rings (SSSR count). The van der Waals surface area contributed by atoms with E-state index in [1.165, 1.54) is 0 Å². The standard InChI is InChI=1S/C15H23NO4/c1-4-16-7-8-20-14(10-17)15(16)11-5-6-12(18-2)13(9-11)19-3/h5-6,9,14-15,17H,4,7-8,10H2,1-3H3/t14-,15-/m1/s1. The Bertz CT molecular complexity index is 426. The van der Waals surface area contributed by atoms with Gasteiger partial charge in [-0.15, -0.1) is 0 Å². The number of hydrogen-bond donors (Lipinski definition) is 1. The van der Waals surface area contributed by atoms with Crippen molar-refractivity contribution in [1.29, 1.82) is 0 Å². The highest BCUT2D eigenvalue weighted by molar-refractivity contribution is 5.44. The summed E-state index contributed by atoms with van der Waals surface area (Å²) in [6, 6.07) is 5.90. The van der Waals surface area contributed by atoms with Crippen LogP contribution in [0.5, 0.6) is 11.5 Å². The molecule has 112 valence electrons. The number of morpholine rings is 1. The monoisotopic (exact) mass is 281 g/mol. The highest BCUT2D eigenvalue weighted by Gasteiger charge is 2.32. The van der Waals surface area contributed by atoms with E-state index >= 15 is 0 Å². The predicted octanol–water partition coefficient (Wildman–Crippen LogP) is 1.46. The molecule has 0 radical (unpaired) electrons. The van der Waals surface area contributed by atoms with Gasteiger partial charge in [0.25, 0.3) is 0 Å². The summed E-state index contributed by atoms with van der Waals surface area (Å²) < 4.78 is 16.3. The maximum Gasteiger partial charge on any atom is 0.161 e. The molecule has 1 N–H and O–H groups in total. The van der Waals surface area contributed by atoms with E-state index < -0.39 is 0 Å². The van der Waals surface area contributed by atoms with Gasteiger partial charge in [-0.3, -0.25) is 4.90 Å². The quantitative estimate of drug-likeness (QED) is 0.885.